The lowest BCUT2D eigenvalue weighted by Gasteiger charge is -2.07. The highest BCUT2D eigenvalue weighted by Gasteiger charge is 2.14. The van der Waals surface area contributed by atoms with Gasteiger partial charge in [0.2, 0.25) is 0 Å². The van der Waals surface area contributed by atoms with Gasteiger partial charge < -0.3 is 9.84 Å². The number of para-hydroxylation sites is 3. The smallest absolute Gasteiger partial charge is 0.300 e. The van der Waals surface area contributed by atoms with Crippen LogP contribution in [0.15, 0.2) is 120 Å². The van der Waals surface area contributed by atoms with Crippen LogP contribution in [0.25, 0.3) is 39.0 Å². The first kappa shape index (κ1) is 27.6. The monoisotopic (exact) mass is 586 g/mol. The molecule has 0 spiro atoms. The van der Waals surface area contributed by atoms with Crippen LogP contribution in [0.1, 0.15) is 18.1 Å². The number of carboxylic acids is 1. The van der Waals surface area contributed by atoms with Crippen molar-refractivity contribution in [2.24, 2.45) is 0 Å². The first-order valence-electron chi connectivity index (χ1n) is 13.5. The number of carbonyl (C=O) groups is 1. The molecule has 0 atom stereocenters. The van der Waals surface area contributed by atoms with Crippen LogP contribution in [0.5, 0.6) is 5.75 Å². The number of hydrogen-bond donors (Lipinski definition) is 1. The maximum Gasteiger partial charge on any atom is 0.300 e. The van der Waals surface area contributed by atoms with Crippen LogP contribution >= 0.6 is 11.3 Å². The maximum atomic E-state index is 13.4. The normalized spacial score (nSPS) is 11.4. The Labute approximate surface area is 250 Å². The fraction of sp³-hybridized carbons (Fsp3) is 0.0588. The van der Waals surface area contributed by atoms with Crippen molar-refractivity contribution in [1.29, 1.82) is 0 Å². The van der Waals surface area contributed by atoms with E-state index in [0.717, 1.165) is 51.8 Å². The van der Waals surface area contributed by atoms with Gasteiger partial charge in [-0.1, -0.05) is 72.0 Å². The Morgan fingerprint density at radius 2 is 1.56 bits per heavy atom. The fourth-order valence-electron chi connectivity index (χ4n) is 4.63. The van der Waals surface area contributed by atoms with Crippen molar-refractivity contribution in [3.63, 3.8) is 0 Å². The van der Waals surface area contributed by atoms with Gasteiger partial charge in [-0.05, 0) is 60.2 Å². The van der Waals surface area contributed by atoms with Gasteiger partial charge in [-0.15, -0.1) is 0 Å². The Balaban J connectivity index is 0.000000777. The summed E-state index contributed by atoms with van der Waals surface area (Å²) in [5.41, 5.74) is 6.18. The zero-order chi connectivity index (χ0) is 29.8. The van der Waals surface area contributed by atoms with E-state index >= 15 is 0 Å². The van der Waals surface area contributed by atoms with Gasteiger partial charge in [-0.2, -0.15) is 5.10 Å². The van der Waals surface area contributed by atoms with Crippen molar-refractivity contribution in [3.05, 3.63) is 141 Å². The average Bonchev–Trinajstić information content (AvgIpc) is 3.70. The lowest BCUT2D eigenvalue weighted by atomic mass is 10.1. The van der Waals surface area contributed by atoms with Crippen molar-refractivity contribution in [1.82, 2.24) is 19.2 Å². The summed E-state index contributed by atoms with van der Waals surface area (Å²) in [5, 5.41) is 12.3. The molecule has 212 valence electrons. The van der Waals surface area contributed by atoms with Crippen molar-refractivity contribution in [2.45, 2.75) is 13.5 Å². The van der Waals surface area contributed by atoms with Crippen LogP contribution < -0.4 is 14.8 Å². The van der Waals surface area contributed by atoms with E-state index in [2.05, 4.69) is 4.98 Å². The number of thiazole rings is 1. The number of imidazole rings is 1. The van der Waals surface area contributed by atoms with Gasteiger partial charge in [0.05, 0.1) is 21.3 Å². The molecule has 0 radical (unpaired) electrons. The molecule has 3 heterocycles. The number of hydrogen-bond acceptors (Lipinski definition) is 6. The quantitative estimate of drug-likeness (QED) is 0.258. The predicted molar refractivity (Wildman–Crippen MR) is 169 cm³/mol. The van der Waals surface area contributed by atoms with Crippen molar-refractivity contribution in [3.8, 4) is 22.7 Å². The van der Waals surface area contributed by atoms with E-state index in [1.165, 1.54) is 11.3 Å². The molecule has 0 unspecified atom stereocenters. The number of nitrogens with zero attached hydrogens (tertiary/aromatic N) is 4. The molecule has 1 N–H and O–H groups in total. The van der Waals surface area contributed by atoms with Gasteiger partial charge in [0.15, 0.2) is 4.96 Å². The Hall–Kier alpha value is -5.54. The minimum absolute atomic E-state index is 0.0771. The summed E-state index contributed by atoms with van der Waals surface area (Å²) in [5.74, 6) is -0.0520. The third-order valence-corrected chi connectivity index (χ3v) is 7.54. The number of ether oxygens (including phenoxy) is 1. The zero-order valence-corrected chi connectivity index (χ0v) is 23.9. The van der Waals surface area contributed by atoms with E-state index < -0.39 is 5.97 Å². The fourth-order valence-corrected chi connectivity index (χ4v) is 5.61. The second-order valence-electron chi connectivity index (χ2n) is 9.67. The minimum Gasteiger partial charge on any atom is -0.489 e. The molecular formula is C34H26N4O4S. The summed E-state index contributed by atoms with van der Waals surface area (Å²) < 4.78 is 10.1. The predicted octanol–water partition coefficient (Wildman–Crippen LogP) is 5.98. The Bertz CT molecular complexity index is 2130. The summed E-state index contributed by atoms with van der Waals surface area (Å²) in [6, 6.07) is 35.6. The standard InChI is InChI=1S/C32H22N4O2S.C2H4O2/c37-31-29(39-32-33-27-13-7-8-14-28(27)36(31)32)19-24-20-35(25-11-5-2-6-12-25)34-30(24)23-15-17-26(18-16-23)38-21-22-9-3-1-4-10-22;1-2(3)4/h1-20H,21H2;1H3,(H,3,4). The number of carboxylic acid groups (broad SMARTS) is 1. The molecule has 0 aliphatic rings. The van der Waals surface area contributed by atoms with Gasteiger partial charge in [-0.25, -0.2) is 14.1 Å². The van der Waals surface area contributed by atoms with Crippen molar-refractivity contribution < 1.29 is 14.6 Å². The average molecular weight is 587 g/mol. The number of aromatic nitrogens is 4. The van der Waals surface area contributed by atoms with Crippen LogP contribution in [0.4, 0.5) is 0 Å². The molecule has 0 aliphatic carbocycles. The highest BCUT2D eigenvalue weighted by molar-refractivity contribution is 7.15. The minimum atomic E-state index is -0.833. The molecule has 8 nitrogen and oxygen atoms in total. The summed E-state index contributed by atoms with van der Waals surface area (Å²) in [6.45, 7) is 1.59. The number of fused-ring (bicyclic) bond motifs is 3. The SMILES string of the molecule is CC(=O)O.O=c1c(=Cc2cn(-c3ccccc3)nc2-c2ccc(OCc3ccccc3)cc2)sc2nc3ccccc3n12. The molecule has 0 fully saturated rings. The summed E-state index contributed by atoms with van der Waals surface area (Å²) in [6.07, 6.45) is 3.88. The van der Waals surface area contributed by atoms with Crippen molar-refractivity contribution in [2.75, 3.05) is 0 Å². The summed E-state index contributed by atoms with van der Waals surface area (Å²) in [4.78, 5) is 27.8. The Kier molecular flexibility index (Phi) is 7.80. The second kappa shape index (κ2) is 12.1. The summed E-state index contributed by atoms with van der Waals surface area (Å²) in [7, 11) is 0. The molecular weight excluding hydrogens is 560 g/mol. The molecule has 0 saturated heterocycles. The Morgan fingerprint density at radius 1 is 0.907 bits per heavy atom. The molecule has 0 amide bonds. The van der Waals surface area contributed by atoms with Crippen LogP contribution in [0.3, 0.4) is 0 Å². The van der Waals surface area contributed by atoms with Crippen LogP contribution in [-0.2, 0) is 11.4 Å². The molecule has 43 heavy (non-hydrogen) atoms. The van der Waals surface area contributed by atoms with E-state index in [9.17, 15) is 4.79 Å². The number of rotatable bonds is 6. The Morgan fingerprint density at radius 3 is 2.28 bits per heavy atom. The second-order valence-corrected chi connectivity index (χ2v) is 10.7. The first-order valence-corrected chi connectivity index (χ1v) is 14.3. The largest absolute Gasteiger partial charge is 0.489 e. The highest BCUT2D eigenvalue weighted by atomic mass is 32.1. The van der Waals surface area contributed by atoms with Gasteiger partial charge >= 0.3 is 0 Å². The molecule has 9 heteroatoms. The lowest BCUT2D eigenvalue weighted by molar-refractivity contribution is -0.134. The first-order chi connectivity index (χ1) is 21.0. The van der Waals surface area contributed by atoms with Crippen LogP contribution in [0.2, 0.25) is 0 Å². The zero-order valence-electron chi connectivity index (χ0n) is 23.1. The van der Waals surface area contributed by atoms with E-state index in [0.29, 0.717) is 16.1 Å². The summed E-state index contributed by atoms with van der Waals surface area (Å²) >= 11 is 1.39. The molecule has 4 aromatic carbocycles. The molecule has 0 aliphatic heterocycles. The molecule has 0 bridgehead atoms. The van der Waals surface area contributed by atoms with E-state index in [1.54, 1.807) is 4.40 Å². The molecule has 7 rings (SSSR count). The molecule has 3 aromatic heterocycles. The number of aliphatic carboxylic acids is 1. The van der Waals surface area contributed by atoms with Gasteiger partial charge in [0.1, 0.15) is 18.1 Å². The maximum absolute atomic E-state index is 13.4. The van der Waals surface area contributed by atoms with Gasteiger partial charge in [-0.3, -0.25) is 9.59 Å². The van der Waals surface area contributed by atoms with Gasteiger partial charge in [0, 0.05) is 24.2 Å². The van der Waals surface area contributed by atoms with Gasteiger partial charge in [0.25, 0.3) is 11.5 Å². The van der Waals surface area contributed by atoms with Crippen LogP contribution in [-0.4, -0.2) is 30.2 Å². The van der Waals surface area contributed by atoms with Crippen LogP contribution in [0, 0.1) is 0 Å². The molecule has 0 saturated carbocycles. The molecule has 7 aromatic rings. The number of benzene rings is 4. The highest BCUT2D eigenvalue weighted by Crippen LogP contribution is 2.27. The third-order valence-electron chi connectivity index (χ3n) is 6.57. The van der Waals surface area contributed by atoms with E-state index in [4.69, 9.17) is 19.7 Å². The van der Waals surface area contributed by atoms with E-state index in [1.807, 2.05) is 126 Å². The third kappa shape index (κ3) is 6.07. The lowest BCUT2D eigenvalue weighted by Crippen LogP contribution is -2.22. The van der Waals surface area contributed by atoms with Crippen molar-refractivity contribution >= 4 is 39.4 Å². The topological polar surface area (TPSA) is 98.7 Å². The van der Waals surface area contributed by atoms with E-state index in [-0.39, 0.29) is 5.56 Å².